The van der Waals surface area contributed by atoms with Crippen molar-refractivity contribution in [1.29, 1.82) is 0 Å². The van der Waals surface area contributed by atoms with Crippen LogP contribution in [0.4, 0.5) is 22.7 Å². The molecule has 0 bridgehead atoms. The quantitative estimate of drug-likeness (QED) is 0.215. The lowest BCUT2D eigenvalue weighted by molar-refractivity contribution is 1.36. The summed E-state index contributed by atoms with van der Waals surface area (Å²) in [5.41, 5.74) is 9.11. The molecule has 7 aromatic carbocycles. The molecule has 2 N–H and O–H groups in total. The van der Waals surface area contributed by atoms with Gasteiger partial charge >= 0.3 is 0 Å². The molecule has 7 aromatic rings. The van der Waals surface area contributed by atoms with E-state index in [1.54, 1.807) is 0 Å². The Hall–Kier alpha value is -5.48. The van der Waals surface area contributed by atoms with Gasteiger partial charge < -0.3 is 10.6 Å². The highest BCUT2D eigenvalue weighted by Gasteiger charge is 2.18. The van der Waals surface area contributed by atoms with Crippen molar-refractivity contribution >= 4 is 78.3 Å². The van der Waals surface area contributed by atoms with Gasteiger partial charge in [-0.2, -0.15) is 0 Å². The van der Waals surface area contributed by atoms with Gasteiger partial charge in [0.15, 0.2) is 0 Å². The van der Waals surface area contributed by atoms with Crippen LogP contribution in [-0.4, -0.2) is 25.5 Å². The van der Waals surface area contributed by atoms with Crippen molar-refractivity contribution in [3.8, 4) is 22.3 Å². The summed E-state index contributed by atoms with van der Waals surface area (Å²) in [5.74, 6) is 0. The first kappa shape index (κ1) is 23.2. The molecule has 0 atom stereocenters. The van der Waals surface area contributed by atoms with Gasteiger partial charge in [0.1, 0.15) is 0 Å². The average molecular weight is 539 g/mol. The van der Waals surface area contributed by atoms with Crippen LogP contribution in [0, 0.1) is 0 Å². The van der Waals surface area contributed by atoms with Crippen LogP contribution in [0.5, 0.6) is 0 Å². The molecular weight excluding hydrogens is 512 g/mol. The topological polar surface area (TPSA) is 48.8 Å². The third-order valence-electron chi connectivity index (χ3n) is 8.71. The molecule has 0 saturated carbocycles. The van der Waals surface area contributed by atoms with Crippen molar-refractivity contribution in [3.63, 3.8) is 0 Å². The van der Waals surface area contributed by atoms with Gasteiger partial charge in [-0.25, -0.2) is 0 Å². The molecule has 0 saturated heterocycles. The summed E-state index contributed by atoms with van der Waals surface area (Å²) in [4.78, 5) is 9.56. The van der Waals surface area contributed by atoms with E-state index in [-0.39, 0.29) is 0 Å². The fraction of sp³-hybridized carbons (Fsp3) is 0.0526. The molecule has 9 rings (SSSR count). The zero-order valence-electron chi connectivity index (χ0n) is 22.9. The van der Waals surface area contributed by atoms with Crippen molar-refractivity contribution in [2.45, 2.75) is 0 Å². The van der Waals surface area contributed by atoms with Crippen LogP contribution in [0.15, 0.2) is 119 Å². The Bertz CT molecular complexity index is 2310. The minimum atomic E-state index is 0.747. The van der Waals surface area contributed by atoms with Gasteiger partial charge in [-0.3, -0.25) is 9.98 Å². The predicted molar refractivity (Wildman–Crippen MR) is 181 cm³/mol. The molecule has 4 nitrogen and oxygen atoms in total. The molecule has 2 heterocycles. The van der Waals surface area contributed by atoms with Crippen LogP contribution < -0.4 is 10.6 Å². The molecule has 2 aliphatic rings. The largest absolute Gasteiger partial charge is 0.378 e. The zero-order chi connectivity index (χ0) is 27.6. The van der Waals surface area contributed by atoms with E-state index < -0.39 is 0 Å². The number of anilines is 2. The first-order valence-corrected chi connectivity index (χ1v) is 14.4. The summed E-state index contributed by atoms with van der Waals surface area (Å²) in [7, 11) is 0. The van der Waals surface area contributed by atoms with E-state index in [0.29, 0.717) is 0 Å². The van der Waals surface area contributed by atoms with Crippen LogP contribution in [0.25, 0.3) is 65.3 Å². The first-order chi connectivity index (χ1) is 20.8. The predicted octanol–water partition coefficient (Wildman–Crippen LogP) is 9.89. The van der Waals surface area contributed by atoms with Crippen molar-refractivity contribution in [3.05, 3.63) is 109 Å². The van der Waals surface area contributed by atoms with Gasteiger partial charge in [0.25, 0.3) is 0 Å². The highest BCUT2D eigenvalue weighted by molar-refractivity contribution is 6.22. The Morgan fingerprint density at radius 2 is 0.833 bits per heavy atom. The summed E-state index contributed by atoms with van der Waals surface area (Å²) >= 11 is 0. The summed E-state index contributed by atoms with van der Waals surface area (Å²) < 4.78 is 0. The lowest BCUT2D eigenvalue weighted by atomic mass is 9.92. The van der Waals surface area contributed by atoms with E-state index >= 15 is 0 Å². The number of rotatable bonds is 2. The van der Waals surface area contributed by atoms with Crippen LogP contribution >= 0.6 is 0 Å². The second-order valence-electron chi connectivity index (χ2n) is 11.0. The van der Waals surface area contributed by atoms with Crippen molar-refractivity contribution in [1.82, 2.24) is 0 Å². The fourth-order valence-corrected chi connectivity index (χ4v) is 6.78. The molecule has 2 aliphatic heterocycles. The van der Waals surface area contributed by atoms with Gasteiger partial charge in [-0.15, -0.1) is 0 Å². The number of hydrogen-bond donors (Lipinski definition) is 2. The molecule has 42 heavy (non-hydrogen) atoms. The molecule has 0 radical (unpaired) electrons. The standard InChI is InChI=1S/C38H26N4/c1-3-10-29-27(8-1)33-21-25(12-14-31(33)37-35(29)39-16-18-41-37)23-6-5-7-24(20-23)26-13-15-32-34(22-26)28-9-2-4-11-30(28)36-38(32)42-19-17-40-36/h1-16,19-22,40-41H,17-18H2. The molecule has 0 aliphatic carbocycles. The molecule has 198 valence electrons. The van der Waals surface area contributed by atoms with Gasteiger partial charge in [0.2, 0.25) is 0 Å². The number of aliphatic imine (C=N–C) groups is 2. The van der Waals surface area contributed by atoms with Crippen molar-refractivity contribution in [2.24, 2.45) is 9.98 Å². The molecule has 0 aromatic heterocycles. The summed E-state index contributed by atoms with van der Waals surface area (Å²) in [5, 5.41) is 16.9. The lowest BCUT2D eigenvalue weighted by Gasteiger charge is -2.19. The summed E-state index contributed by atoms with van der Waals surface area (Å²) in [6, 6.07) is 39.7. The highest BCUT2D eigenvalue weighted by Crippen LogP contribution is 2.45. The van der Waals surface area contributed by atoms with E-state index in [1.165, 1.54) is 65.3 Å². The maximum Gasteiger partial charge on any atom is 0.0942 e. The number of fused-ring (bicyclic) bond motifs is 12. The highest BCUT2D eigenvalue weighted by atomic mass is 15.0. The number of benzene rings is 7. The summed E-state index contributed by atoms with van der Waals surface area (Å²) in [6.45, 7) is 1.50. The van der Waals surface area contributed by atoms with Gasteiger partial charge in [0.05, 0.1) is 35.8 Å². The minimum absolute atomic E-state index is 0.747. The van der Waals surface area contributed by atoms with E-state index in [1.807, 2.05) is 12.4 Å². The van der Waals surface area contributed by atoms with Gasteiger partial charge in [0, 0.05) is 34.0 Å². The average Bonchev–Trinajstić information content (AvgIpc) is 3.08. The zero-order valence-corrected chi connectivity index (χ0v) is 22.9. The van der Waals surface area contributed by atoms with Crippen molar-refractivity contribution in [2.75, 3.05) is 23.7 Å². The first-order valence-electron chi connectivity index (χ1n) is 14.4. The van der Waals surface area contributed by atoms with Gasteiger partial charge in [-0.05, 0) is 62.0 Å². The van der Waals surface area contributed by atoms with Crippen LogP contribution in [0.3, 0.4) is 0 Å². The van der Waals surface area contributed by atoms with Crippen molar-refractivity contribution < 1.29 is 0 Å². The molecule has 0 fully saturated rings. The Kier molecular flexibility index (Phi) is 4.99. The third kappa shape index (κ3) is 3.42. The van der Waals surface area contributed by atoms with E-state index in [9.17, 15) is 0 Å². The Morgan fingerprint density at radius 1 is 0.381 bits per heavy atom. The third-order valence-corrected chi connectivity index (χ3v) is 8.71. The maximum atomic E-state index is 4.80. The van der Waals surface area contributed by atoms with Crippen LogP contribution in [0.2, 0.25) is 0 Å². The molecule has 0 spiro atoms. The van der Waals surface area contributed by atoms with Crippen LogP contribution in [0.1, 0.15) is 0 Å². The Balaban J connectivity index is 1.21. The smallest absolute Gasteiger partial charge is 0.0942 e. The second kappa shape index (κ2) is 9.02. The maximum absolute atomic E-state index is 4.80. The fourth-order valence-electron chi connectivity index (χ4n) is 6.78. The second-order valence-corrected chi connectivity index (χ2v) is 11.0. The molecule has 0 unspecified atom stereocenters. The Labute approximate surface area is 243 Å². The van der Waals surface area contributed by atoms with E-state index in [2.05, 4.69) is 120 Å². The summed E-state index contributed by atoms with van der Waals surface area (Å²) in [6.07, 6.45) is 3.91. The molecular formula is C38H26N4. The Morgan fingerprint density at radius 3 is 1.48 bits per heavy atom. The SMILES string of the molecule is C1=Nc2c(c3ccccc3c3cc(-c4cccc(-c5ccc6c7c(c8ccccc8c6c5)N=CCN7)c4)ccc23)NC1. The van der Waals surface area contributed by atoms with E-state index in [4.69, 9.17) is 9.98 Å². The number of nitrogens with one attached hydrogen (secondary N) is 2. The normalized spacial score (nSPS) is 13.7. The molecule has 4 heteroatoms. The lowest BCUT2D eigenvalue weighted by Crippen LogP contribution is -2.07. The molecule has 0 amide bonds. The number of nitrogens with zero attached hydrogens (tertiary/aromatic N) is 2. The van der Waals surface area contributed by atoms with Crippen LogP contribution in [-0.2, 0) is 0 Å². The van der Waals surface area contributed by atoms with Gasteiger partial charge in [-0.1, -0.05) is 91.0 Å². The monoisotopic (exact) mass is 538 g/mol. The number of hydrogen-bond acceptors (Lipinski definition) is 4. The van der Waals surface area contributed by atoms with E-state index in [0.717, 1.165) is 35.8 Å². The minimum Gasteiger partial charge on any atom is -0.378 e.